The fraction of sp³-hybridized carbons (Fsp3) is 0.393. The van der Waals surface area contributed by atoms with Crippen molar-refractivity contribution in [3.63, 3.8) is 0 Å². The van der Waals surface area contributed by atoms with Crippen LogP contribution in [-0.4, -0.2) is 68.7 Å². The molecule has 208 valence electrons. The van der Waals surface area contributed by atoms with Gasteiger partial charge < -0.3 is 0 Å². The van der Waals surface area contributed by atoms with E-state index in [1.165, 1.54) is 0 Å². The summed E-state index contributed by atoms with van der Waals surface area (Å²) in [5.41, 5.74) is 4.21. The minimum atomic E-state index is -1.57. The fourth-order valence-electron chi connectivity index (χ4n) is 5.60. The molecule has 2 amide bonds. The van der Waals surface area contributed by atoms with E-state index in [2.05, 4.69) is 25.4 Å². The summed E-state index contributed by atoms with van der Waals surface area (Å²) >= 11 is -1.57. The van der Waals surface area contributed by atoms with Crippen LogP contribution in [0.25, 0.3) is 11.1 Å². The van der Waals surface area contributed by atoms with E-state index in [0.29, 0.717) is 42.7 Å². The van der Waals surface area contributed by atoms with Crippen LogP contribution in [-0.2, 0) is 14.3 Å². The Labute approximate surface area is 239 Å². The van der Waals surface area contributed by atoms with E-state index < -0.39 is 20.1 Å². The third kappa shape index (κ3) is 4.62. The van der Waals surface area contributed by atoms with E-state index in [4.69, 9.17) is 14.5 Å². The summed E-state index contributed by atoms with van der Waals surface area (Å²) in [6.07, 6.45) is 6.35. The van der Waals surface area contributed by atoms with Gasteiger partial charge in [0.25, 0.3) is 0 Å². The number of benzene rings is 1. The molecule has 3 aromatic rings. The first-order valence-electron chi connectivity index (χ1n) is 13.5. The fourth-order valence-corrected chi connectivity index (χ4v) is 9.70. The van der Waals surface area contributed by atoms with Crippen molar-refractivity contribution in [3.05, 3.63) is 42.7 Å². The second-order valence-electron chi connectivity index (χ2n) is 10.2. The predicted molar refractivity (Wildman–Crippen MR) is 161 cm³/mol. The average molecular weight is 655 g/mol. The number of amides is 2. The summed E-state index contributed by atoms with van der Waals surface area (Å²) < 4.78 is 15.7. The molecular weight excluding hydrogens is 625 g/mol. The Morgan fingerprint density at radius 2 is 1.98 bits per heavy atom. The summed E-state index contributed by atoms with van der Waals surface area (Å²) in [5.74, 6) is 2.04. The average Bonchev–Trinajstić information content (AvgIpc) is 3.75. The third-order valence-corrected chi connectivity index (χ3v) is 13.1. The molecule has 6 heterocycles. The molecule has 0 bridgehead atoms. The van der Waals surface area contributed by atoms with Crippen LogP contribution in [0.15, 0.2) is 42.7 Å². The number of halogens is 1. The molecule has 1 aromatic carbocycles. The number of nitrogens with zero attached hydrogens (tertiary/aromatic N) is 6. The number of aromatic nitrogens is 3. The normalized spacial score (nSPS) is 20.9. The van der Waals surface area contributed by atoms with Crippen LogP contribution < -0.4 is 23.0 Å². The SMILES string of the molecule is CN(c1nc(Nc2cnc3c(c2)N2C(=O)CC[C@H]2CO3)ncc1-c1ccc(N2CCCC2=O)cc1)I1CCOC1. The van der Waals surface area contributed by atoms with Gasteiger partial charge in [-0.3, -0.25) is 0 Å². The van der Waals surface area contributed by atoms with Crippen molar-refractivity contribution < 1.29 is 19.1 Å². The van der Waals surface area contributed by atoms with Crippen LogP contribution in [0, 0.1) is 0 Å². The van der Waals surface area contributed by atoms with Gasteiger partial charge in [-0.25, -0.2) is 0 Å². The van der Waals surface area contributed by atoms with Gasteiger partial charge in [0.05, 0.1) is 0 Å². The van der Waals surface area contributed by atoms with E-state index in [-0.39, 0.29) is 17.9 Å². The Kier molecular flexibility index (Phi) is 6.66. The number of nitrogens with one attached hydrogen (secondary N) is 1. The number of alkyl halides is 2. The molecule has 2 aromatic heterocycles. The molecule has 0 saturated carbocycles. The Bertz CT molecular complexity index is 1460. The number of carbonyl (C=O) groups is 2. The maximum atomic E-state index is 12.5. The van der Waals surface area contributed by atoms with Gasteiger partial charge in [0.1, 0.15) is 0 Å². The van der Waals surface area contributed by atoms with Crippen LogP contribution in [0.1, 0.15) is 25.7 Å². The van der Waals surface area contributed by atoms with Crippen molar-refractivity contribution in [1.29, 1.82) is 0 Å². The first-order chi connectivity index (χ1) is 19.5. The zero-order valence-electron chi connectivity index (χ0n) is 22.2. The summed E-state index contributed by atoms with van der Waals surface area (Å²) in [6.45, 7) is 2.03. The maximum absolute atomic E-state index is 12.5. The topological polar surface area (TPSA) is 113 Å². The van der Waals surface area contributed by atoms with E-state index in [1.54, 1.807) is 6.20 Å². The van der Waals surface area contributed by atoms with Gasteiger partial charge in [0.15, 0.2) is 0 Å². The monoisotopic (exact) mass is 655 g/mol. The zero-order chi connectivity index (χ0) is 27.2. The molecule has 4 aliphatic heterocycles. The van der Waals surface area contributed by atoms with Gasteiger partial charge in [-0.15, -0.1) is 0 Å². The molecule has 1 atom stereocenters. The first kappa shape index (κ1) is 25.4. The molecule has 4 aliphatic rings. The summed E-state index contributed by atoms with van der Waals surface area (Å²) in [6, 6.07) is 10.0. The molecule has 0 unspecified atom stereocenters. The van der Waals surface area contributed by atoms with Gasteiger partial charge >= 0.3 is 240 Å². The zero-order valence-corrected chi connectivity index (χ0v) is 24.3. The quantitative estimate of drug-likeness (QED) is 0.238. The number of fused-ring (bicyclic) bond motifs is 3. The second kappa shape index (κ2) is 10.5. The standard InChI is InChI=1S/C28H30IN7O4/c1-34(29-10-12-39-17-29)26-22(18-4-6-20(7-5-18)35-11-2-3-24(35)37)15-31-28(33-26)32-19-13-23-27(30-14-19)40-16-21-8-9-25(38)36(21)23/h4-7,13-15,21H,2-3,8-12,16-17H2,1H3,(H,31,32,33)/t21-/m0/s1. The molecule has 11 nitrogen and oxygen atoms in total. The molecule has 1 N–H and O–H groups in total. The van der Waals surface area contributed by atoms with E-state index in [1.807, 2.05) is 46.3 Å². The second-order valence-corrected chi connectivity index (χ2v) is 15.8. The van der Waals surface area contributed by atoms with E-state index in [0.717, 1.165) is 57.7 Å². The Hall–Kier alpha value is -3.52. The minimum absolute atomic E-state index is 0.0574. The van der Waals surface area contributed by atoms with Gasteiger partial charge in [-0.2, -0.15) is 0 Å². The van der Waals surface area contributed by atoms with Crippen molar-refractivity contribution in [3.8, 4) is 17.0 Å². The number of hydrogen-bond donors (Lipinski definition) is 1. The summed E-state index contributed by atoms with van der Waals surface area (Å²) in [5, 5.41) is 3.30. The number of hydrogen-bond acceptors (Lipinski definition) is 9. The van der Waals surface area contributed by atoms with Crippen molar-refractivity contribution >= 4 is 60.7 Å². The van der Waals surface area contributed by atoms with Crippen LogP contribution in [0.4, 0.5) is 28.8 Å². The molecule has 12 heteroatoms. The van der Waals surface area contributed by atoms with Crippen molar-refractivity contribution in [2.75, 3.05) is 54.1 Å². The molecule has 3 saturated heterocycles. The van der Waals surface area contributed by atoms with Gasteiger partial charge in [0, 0.05) is 0 Å². The van der Waals surface area contributed by atoms with Gasteiger partial charge in [-0.05, 0) is 0 Å². The Morgan fingerprint density at radius 1 is 1.10 bits per heavy atom. The summed E-state index contributed by atoms with van der Waals surface area (Å²) in [4.78, 5) is 42.5. The van der Waals surface area contributed by atoms with E-state index >= 15 is 0 Å². The number of carbonyl (C=O) groups excluding carboxylic acids is 2. The van der Waals surface area contributed by atoms with Crippen LogP contribution in [0.5, 0.6) is 5.88 Å². The molecule has 3 fully saturated rings. The molecule has 40 heavy (non-hydrogen) atoms. The van der Waals surface area contributed by atoms with Crippen molar-refractivity contribution in [1.82, 2.24) is 15.0 Å². The molecule has 0 spiro atoms. The number of ether oxygens (including phenoxy) is 2. The van der Waals surface area contributed by atoms with E-state index in [9.17, 15) is 9.59 Å². The summed E-state index contributed by atoms with van der Waals surface area (Å²) in [7, 11) is 2.10. The van der Waals surface area contributed by atoms with Gasteiger partial charge in [0.2, 0.25) is 0 Å². The number of pyridine rings is 1. The number of rotatable bonds is 6. The van der Waals surface area contributed by atoms with Crippen molar-refractivity contribution in [2.24, 2.45) is 0 Å². The van der Waals surface area contributed by atoms with Crippen LogP contribution in [0.2, 0.25) is 0 Å². The van der Waals surface area contributed by atoms with Crippen LogP contribution in [0.3, 0.4) is 0 Å². The molecular formula is C28H30IN7O4. The van der Waals surface area contributed by atoms with Crippen molar-refractivity contribution in [2.45, 2.75) is 31.7 Å². The van der Waals surface area contributed by atoms with Gasteiger partial charge in [-0.1, -0.05) is 0 Å². The Balaban J connectivity index is 1.20. The molecule has 7 rings (SSSR count). The Morgan fingerprint density at radius 3 is 2.75 bits per heavy atom. The third-order valence-electron chi connectivity index (χ3n) is 7.71. The number of anilines is 5. The molecule has 0 aliphatic carbocycles. The molecule has 0 radical (unpaired) electrons. The first-order valence-corrected chi connectivity index (χ1v) is 17.5. The van der Waals surface area contributed by atoms with Crippen LogP contribution >= 0.6 is 20.1 Å². The predicted octanol–water partition coefficient (Wildman–Crippen LogP) is 4.14.